The number of thioether (sulfide) groups is 2. The van der Waals surface area contributed by atoms with Gasteiger partial charge in [-0.15, -0.1) is 32.9 Å². The smallest absolute Gasteiger partial charge is 0.243 e. The number of thiophene rings is 2. The summed E-state index contributed by atoms with van der Waals surface area (Å²) in [6, 6.07) is 21.1. The van der Waals surface area contributed by atoms with Gasteiger partial charge in [0.05, 0.1) is 51.7 Å². The van der Waals surface area contributed by atoms with Gasteiger partial charge < -0.3 is 10.6 Å². The summed E-state index contributed by atoms with van der Waals surface area (Å²) in [6.07, 6.45) is 0. The number of carbonyl (C=O) groups is 2. The summed E-state index contributed by atoms with van der Waals surface area (Å²) in [7, 11) is -7.57. The average molecular weight is 886 g/mol. The van der Waals surface area contributed by atoms with Crippen molar-refractivity contribution in [1.29, 1.82) is 0 Å². The van der Waals surface area contributed by atoms with Gasteiger partial charge in [0.2, 0.25) is 31.9 Å². The lowest BCUT2D eigenvalue weighted by molar-refractivity contribution is -0.121. The van der Waals surface area contributed by atoms with Gasteiger partial charge in [0.15, 0.2) is 10.3 Å². The zero-order chi connectivity index (χ0) is 38.9. The first-order valence-corrected chi connectivity index (χ1v) is 22.9. The number of nitrogens with zero attached hydrogens (tertiary/aromatic N) is 4. The highest BCUT2D eigenvalue weighted by Crippen LogP contribution is 2.26. The summed E-state index contributed by atoms with van der Waals surface area (Å²) in [5.74, 6) is 0.0253. The minimum Gasteiger partial charge on any atom is -0.302 e. The lowest BCUT2D eigenvalue weighted by Crippen LogP contribution is -2.46. The zero-order valence-electron chi connectivity index (χ0n) is 28.1. The highest BCUT2D eigenvalue weighted by molar-refractivity contribution is 8.14. The van der Waals surface area contributed by atoms with Gasteiger partial charge in [0.25, 0.3) is 0 Å². The van der Waals surface area contributed by atoms with Crippen LogP contribution < -0.4 is 20.1 Å². The molecule has 14 nitrogen and oxygen atoms in total. The molecule has 0 aliphatic carbocycles. The second-order valence-electron chi connectivity index (χ2n) is 11.0. The van der Waals surface area contributed by atoms with Gasteiger partial charge in [-0.25, -0.2) is 16.8 Å². The maximum Gasteiger partial charge on any atom is 0.243 e. The number of hydrogen-bond donors (Lipinski definition) is 4. The van der Waals surface area contributed by atoms with Gasteiger partial charge in [0, 0.05) is 11.5 Å². The molecule has 2 amide bonds. The summed E-state index contributed by atoms with van der Waals surface area (Å²) in [5, 5.41) is 22.0. The fraction of sp³-hybridized carbons (Fsp3) is 0.188. The predicted octanol–water partition coefficient (Wildman–Crippen LogP) is 5.38. The Morgan fingerprint density at radius 2 is 0.963 bits per heavy atom. The molecule has 22 heteroatoms. The largest absolute Gasteiger partial charge is 0.302 e. The van der Waals surface area contributed by atoms with Crippen molar-refractivity contribution < 1.29 is 26.4 Å². The maximum absolute atomic E-state index is 12.3. The van der Waals surface area contributed by atoms with E-state index < -0.39 is 43.9 Å². The van der Waals surface area contributed by atoms with Crippen LogP contribution in [0.25, 0.3) is 0 Å². The molecule has 4 aromatic rings. The van der Waals surface area contributed by atoms with E-state index in [-0.39, 0.29) is 9.79 Å². The molecule has 0 saturated heterocycles. The topological polar surface area (TPSA) is 200 Å². The predicted molar refractivity (Wildman–Crippen MR) is 220 cm³/mol. The Bertz CT molecular complexity index is 2170. The van der Waals surface area contributed by atoms with Crippen LogP contribution in [0.15, 0.2) is 115 Å². The number of carbonyl (C=O) groups excluding carboxylic acids is 2. The van der Waals surface area contributed by atoms with E-state index in [2.05, 4.69) is 40.5 Å². The van der Waals surface area contributed by atoms with Crippen LogP contribution >= 0.6 is 69.4 Å². The van der Waals surface area contributed by atoms with E-state index in [4.69, 9.17) is 23.2 Å². The normalized spacial score (nSPS) is 15.6. The van der Waals surface area contributed by atoms with Gasteiger partial charge in [-0.05, 0) is 62.4 Å². The highest BCUT2D eigenvalue weighted by Gasteiger charge is 2.25. The van der Waals surface area contributed by atoms with Gasteiger partial charge in [-0.1, -0.05) is 83.1 Å². The molecule has 0 spiro atoms. The summed E-state index contributed by atoms with van der Waals surface area (Å²) in [6.45, 7) is 2.93. The maximum atomic E-state index is 12.3. The molecule has 6 rings (SSSR count). The fourth-order valence-corrected chi connectivity index (χ4v) is 10.4. The van der Waals surface area contributed by atoms with Crippen molar-refractivity contribution in [2.75, 3.05) is 11.5 Å². The van der Waals surface area contributed by atoms with Crippen molar-refractivity contribution in [3.63, 3.8) is 0 Å². The van der Waals surface area contributed by atoms with Crippen LogP contribution in [0.3, 0.4) is 0 Å². The molecule has 284 valence electrons. The monoisotopic (exact) mass is 884 g/mol. The van der Waals surface area contributed by atoms with E-state index >= 15 is 0 Å². The third kappa shape index (κ3) is 11.8. The summed E-state index contributed by atoms with van der Waals surface area (Å²) >= 11 is 17.3. The molecule has 2 aliphatic heterocycles. The summed E-state index contributed by atoms with van der Waals surface area (Å²) < 4.78 is 55.2. The number of nitrogens with one attached hydrogen (secondary N) is 4. The minimum atomic E-state index is -3.78. The molecule has 4 N–H and O–H groups in total. The molecular formula is C32H30Cl2N8O6S6. The number of rotatable bonds is 10. The molecule has 2 aliphatic rings. The van der Waals surface area contributed by atoms with Crippen LogP contribution in [0.4, 0.5) is 0 Å². The van der Waals surface area contributed by atoms with Crippen molar-refractivity contribution in [1.82, 2.24) is 20.1 Å². The van der Waals surface area contributed by atoms with E-state index in [1.54, 1.807) is 48.5 Å². The Hall–Kier alpha value is -3.44. The lowest BCUT2D eigenvalue weighted by atomic mass is 10.3. The fourth-order valence-electron chi connectivity index (χ4n) is 4.24. The molecule has 0 unspecified atom stereocenters. The van der Waals surface area contributed by atoms with Crippen molar-refractivity contribution in [2.45, 2.75) is 35.7 Å². The Morgan fingerprint density at radius 3 is 1.26 bits per heavy atom. The Labute approximate surface area is 338 Å². The van der Waals surface area contributed by atoms with Crippen molar-refractivity contribution in [2.24, 2.45) is 20.4 Å². The van der Waals surface area contributed by atoms with Gasteiger partial charge in [-0.3, -0.25) is 9.59 Å². The van der Waals surface area contributed by atoms with E-state index in [0.717, 1.165) is 21.2 Å². The van der Waals surface area contributed by atoms with E-state index in [1.165, 1.54) is 84.3 Å². The lowest BCUT2D eigenvalue weighted by Gasteiger charge is -2.16. The van der Waals surface area contributed by atoms with E-state index in [9.17, 15) is 26.4 Å². The number of halogens is 2. The summed E-state index contributed by atoms with van der Waals surface area (Å²) in [5.41, 5.74) is 1.54. The number of amidine groups is 2. The average Bonchev–Trinajstić information content (AvgIpc) is 3.81. The molecule has 54 heavy (non-hydrogen) atoms. The molecule has 0 bridgehead atoms. The number of sulfonamides is 2. The number of benzene rings is 2. The van der Waals surface area contributed by atoms with Crippen LogP contribution in [0, 0.1) is 0 Å². The second kappa shape index (κ2) is 18.9. The van der Waals surface area contributed by atoms with Gasteiger partial charge in [-0.2, -0.15) is 19.6 Å². The van der Waals surface area contributed by atoms with Gasteiger partial charge in [0.1, 0.15) is 0 Å². The van der Waals surface area contributed by atoms with E-state index in [0.29, 0.717) is 30.5 Å². The van der Waals surface area contributed by atoms with E-state index in [1.807, 2.05) is 12.1 Å². The third-order valence-corrected chi connectivity index (χ3v) is 14.4. The standard InChI is InChI=1S/2C16H15ClN4O3S3/c2*1-10(21-27(23,24)11-5-3-2-4-6-11)15(22)18-16-20-19-12(9-25-16)13-7-8-14(17)26-13/h2*2-8,10,21H,9H2,1H3,(H,18,20,22)/t2*10-/m00/s1. The highest BCUT2D eigenvalue weighted by atomic mass is 35.5. The van der Waals surface area contributed by atoms with Crippen LogP contribution in [-0.2, 0) is 29.6 Å². The first-order valence-electron chi connectivity index (χ1n) is 15.5. The SMILES string of the molecule is C[C@H](NS(=O)(=O)c1ccccc1)C(=O)NC1=NN=C(c2ccc(Cl)s2)CS1.C[C@H](NS(=O)(=O)c1ccccc1)C(=O)NC1=NN=C(c2ccc(Cl)s2)CS1. The van der Waals surface area contributed by atoms with Crippen LogP contribution in [0.2, 0.25) is 8.67 Å². The Kier molecular flexibility index (Phi) is 14.6. The Morgan fingerprint density at radius 1 is 0.593 bits per heavy atom. The molecule has 2 aromatic heterocycles. The van der Waals surface area contributed by atoms with Crippen molar-refractivity contribution in [3.05, 3.63) is 103 Å². The van der Waals surface area contributed by atoms with Crippen LogP contribution in [0.5, 0.6) is 0 Å². The minimum absolute atomic E-state index is 0.0953. The molecule has 0 radical (unpaired) electrons. The van der Waals surface area contributed by atoms with Crippen molar-refractivity contribution >= 4 is 123 Å². The molecule has 0 saturated carbocycles. The summed E-state index contributed by atoms with van der Waals surface area (Å²) in [4.78, 5) is 26.6. The number of hydrogen-bond acceptors (Lipinski definition) is 14. The molecule has 4 heterocycles. The third-order valence-electron chi connectivity index (χ3n) is 6.95. The first-order chi connectivity index (χ1) is 25.7. The molecule has 0 fully saturated rings. The molecule has 2 aromatic carbocycles. The van der Waals surface area contributed by atoms with Crippen LogP contribution in [-0.4, -0.2) is 74.0 Å². The van der Waals surface area contributed by atoms with Crippen LogP contribution in [0.1, 0.15) is 23.6 Å². The molecule has 2 atom stereocenters. The van der Waals surface area contributed by atoms with Crippen molar-refractivity contribution in [3.8, 4) is 0 Å². The quantitative estimate of drug-likeness (QED) is 0.163. The zero-order valence-corrected chi connectivity index (χ0v) is 34.5. The first kappa shape index (κ1) is 41.7. The second-order valence-corrected chi connectivity index (χ2v) is 19.8. The molecular weight excluding hydrogens is 856 g/mol. The number of amides is 2. The van der Waals surface area contributed by atoms with Gasteiger partial charge >= 0.3 is 0 Å². The Balaban J connectivity index is 0.000000208.